The Labute approximate surface area is 87.2 Å². The molecule has 0 unspecified atom stereocenters. The molecular weight excluding hydrogens is 202 g/mol. The van der Waals surface area contributed by atoms with Gasteiger partial charge in [0.2, 0.25) is 0 Å². The van der Waals surface area contributed by atoms with Crippen LogP contribution in [0.25, 0.3) is 0 Å². The van der Waals surface area contributed by atoms with E-state index in [9.17, 15) is 9.59 Å². The van der Waals surface area contributed by atoms with Crippen molar-refractivity contribution in [2.24, 2.45) is 5.16 Å². The van der Waals surface area contributed by atoms with E-state index in [1.54, 1.807) is 13.8 Å². The van der Waals surface area contributed by atoms with Gasteiger partial charge in [0.25, 0.3) is 0 Å². The third-order valence-corrected chi connectivity index (χ3v) is 1.26. The van der Waals surface area contributed by atoms with Gasteiger partial charge in [0.05, 0.1) is 13.2 Å². The smallest absolute Gasteiger partial charge is 0.360 e. The molecule has 15 heavy (non-hydrogen) atoms. The fourth-order valence-electron chi connectivity index (χ4n) is 0.685. The number of carbonyl (C=O) groups excluding carboxylic acids is 2. The van der Waals surface area contributed by atoms with Gasteiger partial charge in [0.1, 0.15) is 0 Å². The average Bonchev–Trinajstić information content (AvgIpc) is 2.19. The monoisotopic (exact) mass is 215 g/mol. The summed E-state index contributed by atoms with van der Waals surface area (Å²) >= 11 is 0. The predicted octanol–water partition coefficient (Wildman–Crippen LogP) is 0.499. The number of oxime groups is 1. The second-order valence-electron chi connectivity index (χ2n) is 2.29. The summed E-state index contributed by atoms with van der Waals surface area (Å²) in [6.45, 7) is 3.65. The van der Waals surface area contributed by atoms with E-state index >= 15 is 0 Å². The molecule has 0 radical (unpaired) electrons. The highest BCUT2D eigenvalue weighted by Crippen LogP contribution is 1.89. The summed E-state index contributed by atoms with van der Waals surface area (Å²) in [5.74, 6) is -1.43. The van der Waals surface area contributed by atoms with E-state index in [1.807, 2.05) is 0 Å². The van der Waals surface area contributed by atoms with Crippen LogP contribution in [0.5, 0.6) is 0 Å². The average molecular weight is 215 g/mol. The second kappa shape index (κ2) is 7.54. The van der Waals surface area contributed by atoms with E-state index in [1.165, 1.54) is 0 Å². The molecule has 6 heteroatoms. The van der Waals surface area contributed by atoms with Crippen molar-refractivity contribution in [3.63, 3.8) is 0 Å². The van der Waals surface area contributed by atoms with Crippen molar-refractivity contribution in [2.45, 2.75) is 13.8 Å². The van der Waals surface area contributed by atoms with Crippen molar-refractivity contribution in [3.8, 4) is 0 Å². The lowest BCUT2D eigenvalue weighted by atomic mass is 10.3. The van der Waals surface area contributed by atoms with Gasteiger partial charge in [-0.25, -0.2) is 9.59 Å². The molecule has 0 aromatic carbocycles. The van der Waals surface area contributed by atoms with Crippen molar-refractivity contribution in [3.05, 3.63) is 12.2 Å². The number of ether oxygens (including phenoxy) is 2. The Morgan fingerprint density at radius 2 is 1.80 bits per heavy atom. The molecule has 1 N–H and O–H groups in total. The van der Waals surface area contributed by atoms with Gasteiger partial charge in [-0.1, -0.05) is 5.16 Å². The van der Waals surface area contributed by atoms with E-state index in [2.05, 4.69) is 14.6 Å². The van der Waals surface area contributed by atoms with Gasteiger partial charge in [0.15, 0.2) is 5.71 Å². The van der Waals surface area contributed by atoms with Crippen LogP contribution in [0.4, 0.5) is 0 Å². The maximum atomic E-state index is 11.0. The Morgan fingerprint density at radius 3 is 2.27 bits per heavy atom. The lowest BCUT2D eigenvalue weighted by molar-refractivity contribution is -0.137. The van der Waals surface area contributed by atoms with Gasteiger partial charge < -0.3 is 14.7 Å². The molecule has 0 bridgehead atoms. The number of rotatable bonds is 5. The quantitative estimate of drug-likeness (QED) is 0.237. The van der Waals surface area contributed by atoms with Crippen LogP contribution in [-0.4, -0.2) is 36.1 Å². The van der Waals surface area contributed by atoms with Gasteiger partial charge in [-0.2, -0.15) is 0 Å². The Hall–Kier alpha value is -1.85. The normalized spacial score (nSPS) is 11.5. The van der Waals surface area contributed by atoms with E-state index in [-0.39, 0.29) is 18.9 Å². The van der Waals surface area contributed by atoms with E-state index in [0.717, 1.165) is 12.2 Å². The summed E-state index contributed by atoms with van der Waals surface area (Å²) in [4.78, 5) is 21.9. The van der Waals surface area contributed by atoms with Crippen LogP contribution < -0.4 is 0 Å². The summed E-state index contributed by atoms with van der Waals surface area (Å²) in [6, 6.07) is 0. The Bertz CT molecular complexity index is 282. The van der Waals surface area contributed by atoms with Crippen molar-refractivity contribution >= 4 is 17.7 Å². The number of nitrogens with zero attached hydrogens (tertiary/aromatic N) is 1. The van der Waals surface area contributed by atoms with Crippen molar-refractivity contribution < 1.29 is 24.3 Å². The van der Waals surface area contributed by atoms with Gasteiger partial charge in [-0.15, -0.1) is 0 Å². The Morgan fingerprint density at radius 1 is 1.20 bits per heavy atom. The molecule has 84 valence electrons. The van der Waals surface area contributed by atoms with Crippen molar-refractivity contribution in [1.29, 1.82) is 0 Å². The molecule has 0 amide bonds. The van der Waals surface area contributed by atoms with Crippen LogP contribution in [0.15, 0.2) is 17.3 Å². The van der Waals surface area contributed by atoms with E-state index < -0.39 is 11.9 Å². The predicted molar refractivity (Wildman–Crippen MR) is 51.6 cm³/mol. The minimum Gasteiger partial charge on any atom is -0.463 e. The molecule has 0 saturated heterocycles. The van der Waals surface area contributed by atoms with Crippen LogP contribution in [0.3, 0.4) is 0 Å². The van der Waals surface area contributed by atoms with Crippen LogP contribution in [-0.2, 0) is 19.1 Å². The van der Waals surface area contributed by atoms with Gasteiger partial charge in [-0.05, 0) is 19.9 Å². The third-order valence-electron chi connectivity index (χ3n) is 1.26. The molecule has 0 atom stereocenters. The Balaban J connectivity index is 4.34. The van der Waals surface area contributed by atoms with Gasteiger partial charge in [0, 0.05) is 6.08 Å². The fraction of sp³-hybridized carbons (Fsp3) is 0.444. The molecule has 0 saturated carbocycles. The minimum absolute atomic E-state index is 0.158. The Kier molecular flexibility index (Phi) is 6.61. The molecule has 0 aliphatic carbocycles. The summed E-state index contributed by atoms with van der Waals surface area (Å²) in [7, 11) is 0. The van der Waals surface area contributed by atoms with Crippen LogP contribution in [0.1, 0.15) is 13.8 Å². The first-order chi connectivity index (χ1) is 7.15. The molecule has 0 heterocycles. The summed E-state index contributed by atoms with van der Waals surface area (Å²) in [6.07, 6.45) is 2.01. The number of esters is 2. The number of hydrogen-bond acceptors (Lipinski definition) is 6. The molecular formula is C9H13NO5. The highest BCUT2D eigenvalue weighted by molar-refractivity contribution is 6.41. The molecule has 0 fully saturated rings. The zero-order valence-corrected chi connectivity index (χ0v) is 8.60. The molecule has 0 aliphatic rings. The highest BCUT2D eigenvalue weighted by Gasteiger charge is 2.10. The van der Waals surface area contributed by atoms with Gasteiger partial charge in [-0.3, -0.25) is 0 Å². The van der Waals surface area contributed by atoms with E-state index in [4.69, 9.17) is 5.21 Å². The molecule has 0 spiro atoms. The second-order valence-corrected chi connectivity index (χ2v) is 2.29. The summed E-state index contributed by atoms with van der Waals surface area (Å²) in [5.41, 5.74) is -0.357. The lowest BCUT2D eigenvalue weighted by Gasteiger charge is -1.99. The number of hydrogen-bond donors (Lipinski definition) is 1. The first-order valence-electron chi connectivity index (χ1n) is 4.39. The topological polar surface area (TPSA) is 85.2 Å². The largest absolute Gasteiger partial charge is 0.463 e. The van der Waals surface area contributed by atoms with Gasteiger partial charge >= 0.3 is 11.9 Å². The molecule has 0 aromatic rings. The first kappa shape index (κ1) is 13.2. The van der Waals surface area contributed by atoms with Crippen molar-refractivity contribution in [1.82, 2.24) is 0 Å². The molecule has 6 nitrogen and oxygen atoms in total. The summed E-state index contributed by atoms with van der Waals surface area (Å²) in [5, 5.41) is 11.1. The molecule has 0 aliphatic heterocycles. The fourth-order valence-corrected chi connectivity index (χ4v) is 0.685. The standard InChI is InChI=1S/C9H13NO5/c1-3-14-8(11)6-5-7(10-13)9(12)15-4-2/h5-6,13H,3-4H2,1-2H3/b6-5-,10-7-. The zero-order valence-electron chi connectivity index (χ0n) is 8.60. The van der Waals surface area contributed by atoms with Crippen molar-refractivity contribution in [2.75, 3.05) is 13.2 Å². The number of carbonyl (C=O) groups is 2. The van der Waals surface area contributed by atoms with Crippen LogP contribution in [0, 0.1) is 0 Å². The zero-order chi connectivity index (χ0) is 11.7. The van der Waals surface area contributed by atoms with E-state index in [0.29, 0.717) is 0 Å². The van der Waals surface area contributed by atoms with Crippen LogP contribution >= 0.6 is 0 Å². The maximum absolute atomic E-state index is 11.0. The third kappa shape index (κ3) is 5.45. The minimum atomic E-state index is -0.805. The molecule has 0 rings (SSSR count). The first-order valence-corrected chi connectivity index (χ1v) is 4.39. The summed E-state index contributed by atoms with van der Waals surface area (Å²) < 4.78 is 9.12. The molecule has 0 aromatic heterocycles. The maximum Gasteiger partial charge on any atom is 0.360 e. The highest BCUT2D eigenvalue weighted by atomic mass is 16.5. The SMILES string of the molecule is CCOC(=O)/C=C\C(=N\O)C(=O)OCC. The van der Waals surface area contributed by atoms with Crippen LogP contribution in [0.2, 0.25) is 0 Å². The lowest BCUT2D eigenvalue weighted by Crippen LogP contribution is -2.16.